The fourth-order valence-electron chi connectivity index (χ4n) is 8.91. The van der Waals surface area contributed by atoms with Crippen molar-refractivity contribution in [2.75, 3.05) is 0 Å². The van der Waals surface area contributed by atoms with Crippen LogP contribution in [-0.4, -0.2) is 35.9 Å². The van der Waals surface area contributed by atoms with Crippen molar-refractivity contribution in [3.63, 3.8) is 0 Å². The highest BCUT2D eigenvalue weighted by molar-refractivity contribution is 6.00. The fraction of sp³-hybridized carbons (Fsp3) is 0.867. The third kappa shape index (κ3) is 5.01. The molecule has 3 nitrogen and oxygen atoms in total. The highest BCUT2D eigenvalue weighted by atomic mass is 19.4. The van der Waals surface area contributed by atoms with Crippen LogP contribution in [0.2, 0.25) is 0 Å². The van der Waals surface area contributed by atoms with E-state index in [4.69, 9.17) is 6.11 Å². The van der Waals surface area contributed by atoms with Crippen LogP contribution < -0.4 is 0 Å². The molecule has 0 saturated heterocycles. The smallest absolute Gasteiger partial charge is 0.431 e. The van der Waals surface area contributed by atoms with E-state index in [0.29, 0.717) is 12.3 Å². The number of fused-ring (bicyclic) bond motifs is 4. The van der Waals surface area contributed by atoms with Gasteiger partial charge >= 0.3 is 18.3 Å². The average Bonchev–Trinajstić information content (AvgIpc) is 3.09. The molecule has 3 fully saturated rings. The lowest BCUT2D eigenvalue weighted by molar-refractivity contribution is -0.343. The number of carbonyl (C=O) groups excluding carboxylic acids is 2. The van der Waals surface area contributed by atoms with E-state index in [1.165, 1.54) is 6.92 Å². The summed E-state index contributed by atoms with van der Waals surface area (Å²) in [6.45, 7) is 9.41. The normalized spacial score (nSPS) is 38.6. The van der Waals surface area contributed by atoms with Crippen LogP contribution in [0.4, 0.5) is 30.7 Å². The number of alkyl halides is 7. The maximum atomic E-state index is 14.3. The van der Waals surface area contributed by atoms with E-state index in [1.54, 1.807) is 6.92 Å². The van der Waals surface area contributed by atoms with E-state index in [-0.39, 0.29) is 53.9 Å². The largest absolute Gasteiger partial charge is 0.463 e. The van der Waals surface area contributed by atoms with Gasteiger partial charge in [0.05, 0.1) is 0 Å². The van der Waals surface area contributed by atoms with Gasteiger partial charge in [-0.3, -0.25) is 9.59 Å². The van der Waals surface area contributed by atoms with Gasteiger partial charge < -0.3 is 4.74 Å². The molecular formula is C30H41F7O3. The molecule has 0 aromatic carbocycles. The lowest BCUT2D eigenvalue weighted by atomic mass is 9.47. The Hall–Kier alpha value is -1.61. The summed E-state index contributed by atoms with van der Waals surface area (Å²) >= 11 is 0. The van der Waals surface area contributed by atoms with Crippen LogP contribution in [0.5, 0.6) is 0 Å². The van der Waals surface area contributed by atoms with Gasteiger partial charge in [0, 0.05) is 20.3 Å². The van der Waals surface area contributed by atoms with Crippen molar-refractivity contribution < 1.29 is 46.4 Å². The summed E-state index contributed by atoms with van der Waals surface area (Å²) < 4.78 is 106. The van der Waals surface area contributed by atoms with Crippen molar-refractivity contribution in [1.29, 1.82) is 0 Å². The number of halogens is 7. The van der Waals surface area contributed by atoms with Crippen LogP contribution in [0.15, 0.2) is 11.1 Å². The Morgan fingerprint density at radius 2 is 1.70 bits per heavy atom. The van der Waals surface area contributed by atoms with Gasteiger partial charge in [-0.25, -0.2) is 4.39 Å². The highest BCUT2D eigenvalue weighted by Gasteiger charge is 2.71. The number of Topliss-reactive ketones (excluding diaryl/α,β-unsaturated/α-hetero) is 1. The summed E-state index contributed by atoms with van der Waals surface area (Å²) in [5.74, 6) is -0.616. The molecule has 0 radical (unpaired) electrons. The molecule has 10 heteroatoms. The average molecular weight is 585 g/mol. The van der Waals surface area contributed by atoms with Crippen LogP contribution >= 0.6 is 0 Å². The minimum absolute atomic E-state index is 0.0292. The summed E-state index contributed by atoms with van der Waals surface area (Å²) in [6, 6.07) is 0. The number of hydrogen-bond donors (Lipinski definition) is 0. The zero-order chi connectivity index (χ0) is 30.9. The van der Waals surface area contributed by atoms with E-state index in [1.807, 2.05) is 6.92 Å². The number of esters is 1. The number of allylic oxidation sites excluding steroid dienone is 2. The standard InChI is InChI=1S/C30H41F7O3/c1-16(7-6-10-28(31,29(32,33)34)30(35,36)37)22-15-23(39)25-24-17(2)13-19-14-20(40-18(3)38)8-11-26(19,4)21(24)9-12-27(22,25)5/h16-17,19-22H,6-15H2,1-5H3/t16-,17-,19+,20+,21+,22-,26+,27-/m1/s1/i6T/t6-,16-,17-,19+,20+,21+,22-,26+,27-. The first-order valence-corrected chi connectivity index (χ1v) is 14.3. The summed E-state index contributed by atoms with van der Waals surface area (Å²) in [5.41, 5.74) is -4.21. The molecule has 0 amide bonds. The number of ketones is 1. The number of hydrogen-bond acceptors (Lipinski definition) is 3. The van der Waals surface area contributed by atoms with Crippen LogP contribution in [0.25, 0.3) is 0 Å². The Labute approximate surface area is 233 Å². The first-order valence-electron chi connectivity index (χ1n) is 14.9. The number of ether oxygens (including phenoxy) is 1. The minimum Gasteiger partial charge on any atom is -0.463 e. The topological polar surface area (TPSA) is 43.4 Å². The van der Waals surface area contributed by atoms with Gasteiger partial charge in [-0.2, -0.15) is 26.3 Å². The SMILES string of the molecule is [3H][C@H](C[C@@H](C)[C@H]1CC(=O)C2=C3[C@H](C)C[C@H]4C[C@@H](OC(C)=O)CC[C@]4(C)[C@H]3CC[C@@]21C)CC(F)(C(F)(F)F)C(F)(F)F. The molecule has 4 aliphatic carbocycles. The number of rotatable bonds is 6. The summed E-state index contributed by atoms with van der Waals surface area (Å²) in [4.78, 5) is 25.2. The van der Waals surface area contributed by atoms with Gasteiger partial charge in [0.15, 0.2) is 5.78 Å². The molecule has 0 heterocycles. The maximum Gasteiger partial charge on any atom is 0.431 e. The predicted octanol–water partition coefficient (Wildman–Crippen LogP) is 8.71. The van der Waals surface area contributed by atoms with Gasteiger partial charge in [-0.05, 0) is 91.8 Å². The lowest BCUT2D eigenvalue weighted by Crippen LogP contribution is -2.53. The van der Waals surface area contributed by atoms with E-state index in [2.05, 4.69) is 13.8 Å². The Kier molecular flexibility index (Phi) is 7.68. The molecule has 0 aromatic heterocycles. The zero-order valence-electron chi connectivity index (χ0n) is 24.8. The molecule has 3 saturated carbocycles. The van der Waals surface area contributed by atoms with E-state index in [0.717, 1.165) is 43.3 Å². The van der Waals surface area contributed by atoms with Gasteiger partial charge in [0.1, 0.15) is 6.10 Å². The molecule has 40 heavy (non-hydrogen) atoms. The quantitative estimate of drug-likeness (QED) is 0.232. The van der Waals surface area contributed by atoms with Crippen molar-refractivity contribution in [2.45, 2.75) is 123 Å². The summed E-state index contributed by atoms with van der Waals surface area (Å²) in [6.07, 6.45) is -12.0. The molecule has 0 bridgehead atoms. The second kappa shape index (κ2) is 10.3. The number of carbonyl (C=O) groups is 2. The van der Waals surface area contributed by atoms with E-state index in [9.17, 15) is 40.3 Å². The third-order valence-electron chi connectivity index (χ3n) is 11.0. The molecular weight excluding hydrogens is 541 g/mol. The Bertz CT molecular complexity index is 1070. The van der Waals surface area contributed by atoms with Crippen molar-refractivity contribution in [3.05, 3.63) is 11.1 Å². The van der Waals surface area contributed by atoms with Crippen LogP contribution in [0.1, 0.15) is 100 Å². The molecule has 0 N–H and O–H groups in total. The molecule has 0 unspecified atom stereocenters. The Balaban J connectivity index is 1.57. The van der Waals surface area contributed by atoms with Gasteiger partial charge in [0.25, 0.3) is 5.67 Å². The molecule has 4 aliphatic rings. The van der Waals surface area contributed by atoms with Crippen molar-refractivity contribution in [1.82, 2.24) is 0 Å². The molecule has 228 valence electrons. The van der Waals surface area contributed by atoms with Crippen molar-refractivity contribution >= 4 is 11.8 Å². The Morgan fingerprint density at radius 3 is 2.27 bits per heavy atom. The first-order chi connectivity index (χ1) is 18.7. The monoisotopic (exact) mass is 584 g/mol. The van der Waals surface area contributed by atoms with Gasteiger partial charge in [-0.1, -0.05) is 39.7 Å². The van der Waals surface area contributed by atoms with Crippen molar-refractivity contribution in [2.24, 2.45) is 40.4 Å². The third-order valence-corrected chi connectivity index (χ3v) is 11.0. The molecule has 0 aromatic rings. The zero-order valence-corrected chi connectivity index (χ0v) is 23.8. The molecule has 0 spiro atoms. The fourth-order valence-corrected chi connectivity index (χ4v) is 8.91. The molecule has 9 atom stereocenters. The maximum absolute atomic E-state index is 14.3. The first kappa shape index (κ1) is 29.9. The van der Waals surface area contributed by atoms with Crippen LogP contribution in [-0.2, 0) is 14.3 Å². The summed E-state index contributed by atoms with van der Waals surface area (Å²) in [5, 5.41) is 0. The van der Waals surface area contributed by atoms with Gasteiger partial charge in [0.2, 0.25) is 0 Å². The molecule has 4 rings (SSSR count). The molecule has 0 aliphatic heterocycles. The highest BCUT2D eigenvalue weighted by Crippen LogP contribution is 2.66. The summed E-state index contributed by atoms with van der Waals surface area (Å²) in [7, 11) is 0. The van der Waals surface area contributed by atoms with Gasteiger partial charge in [-0.15, -0.1) is 0 Å². The van der Waals surface area contributed by atoms with Crippen molar-refractivity contribution in [3.8, 4) is 0 Å². The lowest BCUT2D eigenvalue weighted by Gasteiger charge is -2.58. The predicted molar refractivity (Wildman–Crippen MR) is 135 cm³/mol. The van der Waals surface area contributed by atoms with E-state index >= 15 is 0 Å². The van der Waals surface area contributed by atoms with E-state index < -0.39 is 42.2 Å². The second-order valence-corrected chi connectivity index (χ2v) is 13.4. The van der Waals surface area contributed by atoms with Crippen LogP contribution in [0.3, 0.4) is 0 Å². The Morgan fingerprint density at radius 1 is 1.07 bits per heavy atom. The second-order valence-electron chi connectivity index (χ2n) is 13.4. The van der Waals surface area contributed by atoms with Crippen LogP contribution in [0, 0.1) is 40.4 Å². The minimum atomic E-state index is -6.18.